The van der Waals surface area contributed by atoms with E-state index >= 15 is 0 Å². The van der Waals surface area contributed by atoms with Crippen molar-refractivity contribution in [3.05, 3.63) is 36.5 Å². The molecule has 0 bridgehead atoms. The number of aliphatic hydroxyl groups is 2. The van der Waals surface area contributed by atoms with E-state index in [2.05, 4.69) is 55.6 Å². The highest BCUT2D eigenvalue weighted by atomic mass is 16.3. The van der Waals surface area contributed by atoms with Crippen LogP contribution in [-0.4, -0.2) is 34.9 Å². The van der Waals surface area contributed by atoms with E-state index in [1.807, 2.05) is 0 Å². The first-order valence-electron chi connectivity index (χ1n) is 28.7. The van der Waals surface area contributed by atoms with Crippen molar-refractivity contribution < 1.29 is 15.0 Å². The van der Waals surface area contributed by atoms with E-state index in [9.17, 15) is 15.0 Å². The lowest BCUT2D eigenvalue weighted by Crippen LogP contribution is -2.45. The Labute approximate surface area is 395 Å². The second-order valence-electron chi connectivity index (χ2n) is 19.7. The predicted molar refractivity (Wildman–Crippen MR) is 281 cm³/mol. The number of rotatable bonds is 53. The highest BCUT2D eigenvalue weighted by molar-refractivity contribution is 5.76. The summed E-state index contributed by atoms with van der Waals surface area (Å²) in [7, 11) is 0. The van der Waals surface area contributed by atoms with Crippen molar-refractivity contribution in [1.29, 1.82) is 0 Å². The van der Waals surface area contributed by atoms with Crippen molar-refractivity contribution in [3.8, 4) is 0 Å². The van der Waals surface area contributed by atoms with Gasteiger partial charge < -0.3 is 15.5 Å². The Morgan fingerprint density at radius 1 is 0.381 bits per heavy atom. The van der Waals surface area contributed by atoms with E-state index in [1.165, 1.54) is 250 Å². The van der Waals surface area contributed by atoms with Gasteiger partial charge in [-0.15, -0.1) is 0 Å². The molecule has 0 radical (unpaired) electrons. The van der Waals surface area contributed by atoms with Gasteiger partial charge in [-0.25, -0.2) is 0 Å². The quantitative estimate of drug-likeness (QED) is 0.0421. The van der Waals surface area contributed by atoms with Gasteiger partial charge in [-0.1, -0.05) is 294 Å². The Balaban J connectivity index is 3.46. The van der Waals surface area contributed by atoms with E-state index in [0.717, 1.165) is 38.5 Å². The van der Waals surface area contributed by atoms with Crippen molar-refractivity contribution in [2.24, 2.45) is 0 Å². The number of amides is 1. The van der Waals surface area contributed by atoms with Crippen molar-refractivity contribution in [1.82, 2.24) is 5.32 Å². The maximum absolute atomic E-state index is 12.5. The highest BCUT2D eigenvalue weighted by Gasteiger charge is 2.20. The van der Waals surface area contributed by atoms with Gasteiger partial charge >= 0.3 is 0 Å². The Bertz CT molecular complexity index is 958. The van der Waals surface area contributed by atoms with E-state index in [-0.39, 0.29) is 12.5 Å². The standard InChI is InChI=1S/C59H113NO3/c1-3-5-7-9-11-13-15-17-19-21-23-25-27-28-29-30-31-33-34-36-38-40-42-44-46-48-50-52-54-58(62)57(56-61)60-59(63)55-53-51-49-47-45-43-41-39-37-35-32-26-24-22-20-18-16-14-12-10-8-6-4-2/h16,18,22,24,32,35,57-58,61-62H,3-15,17,19-21,23,25-31,33-34,36-56H2,1-2H3,(H,60,63)/b18-16-,24-22-,35-32-. The van der Waals surface area contributed by atoms with Crippen LogP contribution in [0.5, 0.6) is 0 Å². The smallest absolute Gasteiger partial charge is 0.220 e. The zero-order valence-corrected chi connectivity index (χ0v) is 42.9. The summed E-state index contributed by atoms with van der Waals surface area (Å²) in [6.07, 6.45) is 74.2. The molecule has 0 aromatic rings. The minimum atomic E-state index is -0.664. The van der Waals surface area contributed by atoms with Crippen LogP contribution < -0.4 is 5.32 Å². The second kappa shape index (κ2) is 54.9. The molecule has 0 saturated heterocycles. The second-order valence-corrected chi connectivity index (χ2v) is 19.7. The molecular formula is C59H113NO3. The molecular weight excluding hydrogens is 771 g/mol. The van der Waals surface area contributed by atoms with Crippen LogP contribution in [0.3, 0.4) is 0 Å². The molecule has 0 aromatic carbocycles. The molecule has 2 atom stereocenters. The molecule has 0 fully saturated rings. The summed E-state index contributed by atoms with van der Waals surface area (Å²) < 4.78 is 0. The third kappa shape index (κ3) is 51.5. The molecule has 2 unspecified atom stereocenters. The molecule has 0 rings (SSSR count). The number of nitrogens with one attached hydrogen (secondary N) is 1. The van der Waals surface area contributed by atoms with Crippen molar-refractivity contribution in [2.75, 3.05) is 6.61 Å². The zero-order chi connectivity index (χ0) is 45.6. The maximum atomic E-state index is 12.5. The van der Waals surface area contributed by atoms with Crippen LogP contribution in [0.1, 0.15) is 316 Å². The third-order valence-electron chi connectivity index (χ3n) is 13.4. The van der Waals surface area contributed by atoms with Gasteiger partial charge in [0.15, 0.2) is 0 Å². The first-order chi connectivity index (χ1) is 31.2. The minimum Gasteiger partial charge on any atom is -0.394 e. The molecule has 3 N–H and O–H groups in total. The minimum absolute atomic E-state index is 0.0348. The molecule has 1 amide bonds. The van der Waals surface area contributed by atoms with Gasteiger partial charge in [0.2, 0.25) is 5.91 Å². The topological polar surface area (TPSA) is 69.6 Å². The SMILES string of the molecule is CCCCCCC/C=C\C/C=C\C/C=C\CCCCCCCCCCC(=O)NC(CO)C(O)CCCCCCCCCCCCCCCCCCCCCCCCCCCCCC. The Kier molecular flexibility index (Phi) is 53.7. The summed E-state index contributed by atoms with van der Waals surface area (Å²) in [4.78, 5) is 12.5. The fraction of sp³-hybridized carbons (Fsp3) is 0.881. The number of allylic oxidation sites excluding steroid dienone is 6. The summed E-state index contributed by atoms with van der Waals surface area (Å²) in [6, 6.07) is -0.542. The van der Waals surface area contributed by atoms with Crippen LogP contribution in [-0.2, 0) is 4.79 Å². The fourth-order valence-corrected chi connectivity index (χ4v) is 9.02. The lowest BCUT2D eigenvalue weighted by Gasteiger charge is -2.22. The van der Waals surface area contributed by atoms with Gasteiger partial charge in [-0.3, -0.25) is 4.79 Å². The van der Waals surface area contributed by atoms with E-state index < -0.39 is 12.1 Å². The summed E-state index contributed by atoms with van der Waals surface area (Å²) in [5.41, 5.74) is 0. The molecule has 0 aliphatic heterocycles. The van der Waals surface area contributed by atoms with Gasteiger partial charge in [0, 0.05) is 6.42 Å². The molecule has 0 heterocycles. The van der Waals surface area contributed by atoms with E-state index in [1.54, 1.807) is 0 Å². The molecule has 372 valence electrons. The number of carbonyl (C=O) groups excluding carboxylic acids is 1. The third-order valence-corrected chi connectivity index (χ3v) is 13.4. The van der Waals surface area contributed by atoms with Crippen LogP contribution in [0.2, 0.25) is 0 Å². The maximum Gasteiger partial charge on any atom is 0.220 e. The first kappa shape index (κ1) is 61.6. The summed E-state index contributed by atoms with van der Waals surface area (Å²) in [5, 5.41) is 23.4. The molecule has 4 heteroatoms. The van der Waals surface area contributed by atoms with Gasteiger partial charge in [0.1, 0.15) is 0 Å². The van der Waals surface area contributed by atoms with E-state index in [4.69, 9.17) is 0 Å². The van der Waals surface area contributed by atoms with Crippen LogP contribution in [0.25, 0.3) is 0 Å². The van der Waals surface area contributed by atoms with Gasteiger partial charge in [-0.05, 0) is 51.4 Å². The zero-order valence-electron chi connectivity index (χ0n) is 42.9. The number of hydrogen-bond donors (Lipinski definition) is 3. The molecule has 0 saturated carbocycles. The largest absolute Gasteiger partial charge is 0.394 e. The molecule has 63 heavy (non-hydrogen) atoms. The van der Waals surface area contributed by atoms with Crippen molar-refractivity contribution in [2.45, 2.75) is 328 Å². The number of aliphatic hydroxyl groups excluding tert-OH is 2. The Hall–Kier alpha value is -1.39. The average Bonchev–Trinajstić information content (AvgIpc) is 3.29. The lowest BCUT2D eigenvalue weighted by molar-refractivity contribution is -0.123. The first-order valence-corrected chi connectivity index (χ1v) is 28.7. The van der Waals surface area contributed by atoms with Crippen molar-refractivity contribution >= 4 is 5.91 Å². The molecule has 4 nitrogen and oxygen atoms in total. The highest BCUT2D eigenvalue weighted by Crippen LogP contribution is 2.18. The van der Waals surface area contributed by atoms with Gasteiger partial charge in [0.05, 0.1) is 18.8 Å². The van der Waals surface area contributed by atoms with Crippen LogP contribution in [0.4, 0.5) is 0 Å². The Morgan fingerprint density at radius 2 is 0.651 bits per heavy atom. The Morgan fingerprint density at radius 3 is 0.968 bits per heavy atom. The summed E-state index contributed by atoms with van der Waals surface area (Å²) >= 11 is 0. The monoisotopic (exact) mass is 884 g/mol. The summed E-state index contributed by atoms with van der Waals surface area (Å²) in [6.45, 7) is 4.37. The number of hydrogen-bond acceptors (Lipinski definition) is 3. The van der Waals surface area contributed by atoms with Crippen LogP contribution >= 0.6 is 0 Å². The van der Waals surface area contributed by atoms with Gasteiger partial charge in [-0.2, -0.15) is 0 Å². The van der Waals surface area contributed by atoms with Crippen molar-refractivity contribution in [3.63, 3.8) is 0 Å². The molecule has 0 spiro atoms. The number of carbonyl (C=O) groups is 1. The van der Waals surface area contributed by atoms with Crippen LogP contribution in [0, 0.1) is 0 Å². The fourth-order valence-electron chi connectivity index (χ4n) is 9.02. The molecule has 0 aliphatic carbocycles. The average molecular weight is 885 g/mol. The molecule has 0 aromatic heterocycles. The normalized spacial score (nSPS) is 13.0. The lowest BCUT2D eigenvalue weighted by atomic mass is 10.0. The summed E-state index contributed by atoms with van der Waals surface area (Å²) in [5.74, 6) is -0.0348. The van der Waals surface area contributed by atoms with E-state index in [0.29, 0.717) is 12.8 Å². The van der Waals surface area contributed by atoms with Gasteiger partial charge in [0.25, 0.3) is 0 Å². The van der Waals surface area contributed by atoms with Crippen LogP contribution in [0.15, 0.2) is 36.5 Å². The predicted octanol–water partition coefficient (Wildman–Crippen LogP) is 18.9. The molecule has 0 aliphatic rings. The number of unbranched alkanes of at least 4 members (excludes halogenated alkanes) is 40.